The van der Waals surface area contributed by atoms with Crippen molar-refractivity contribution < 1.29 is 0 Å². The molecular weight excluding hydrogens is 238 g/mol. The molecule has 0 aliphatic heterocycles. The lowest BCUT2D eigenvalue weighted by Crippen LogP contribution is -2.31. The first-order chi connectivity index (χ1) is 8.43. The average molecular weight is 267 g/mol. The normalized spacial score (nSPS) is 28.9. The molecule has 0 aromatic carbocycles. The van der Waals surface area contributed by atoms with Crippen LogP contribution in [0.5, 0.6) is 0 Å². The molecule has 1 fully saturated rings. The highest BCUT2D eigenvalue weighted by atomic mass is 32.2. The van der Waals surface area contributed by atoms with E-state index >= 15 is 0 Å². The van der Waals surface area contributed by atoms with Crippen LogP contribution in [-0.2, 0) is 0 Å². The fourth-order valence-electron chi connectivity index (χ4n) is 3.11. The van der Waals surface area contributed by atoms with Crippen molar-refractivity contribution in [3.05, 3.63) is 0 Å². The summed E-state index contributed by atoms with van der Waals surface area (Å²) in [5, 5.41) is 9.53. The van der Waals surface area contributed by atoms with Crippen molar-refractivity contribution >= 4 is 11.8 Å². The van der Waals surface area contributed by atoms with Crippen molar-refractivity contribution in [3.8, 4) is 6.07 Å². The minimum Gasteiger partial charge on any atom is -0.198 e. The van der Waals surface area contributed by atoms with Gasteiger partial charge in [-0.1, -0.05) is 27.7 Å². The number of nitrogens with zero attached hydrogens (tertiary/aromatic N) is 1. The SMILES string of the molecule is CCSCCCC1(C#N)CCC(C(C)(C)C)CC1. The topological polar surface area (TPSA) is 23.8 Å². The van der Waals surface area contributed by atoms with Gasteiger partial charge in [0.2, 0.25) is 0 Å². The van der Waals surface area contributed by atoms with Gasteiger partial charge in [0.1, 0.15) is 0 Å². The smallest absolute Gasteiger partial charge is 0.0689 e. The highest BCUT2D eigenvalue weighted by Crippen LogP contribution is 2.47. The van der Waals surface area contributed by atoms with Crippen molar-refractivity contribution in [1.82, 2.24) is 0 Å². The molecule has 1 nitrogen and oxygen atoms in total. The maximum Gasteiger partial charge on any atom is 0.0689 e. The van der Waals surface area contributed by atoms with Gasteiger partial charge in [0, 0.05) is 0 Å². The van der Waals surface area contributed by atoms with Crippen molar-refractivity contribution in [2.24, 2.45) is 16.7 Å². The van der Waals surface area contributed by atoms with Gasteiger partial charge in [-0.05, 0) is 61.4 Å². The zero-order valence-corrected chi connectivity index (χ0v) is 13.4. The second kappa shape index (κ2) is 6.85. The van der Waals surface area contributed by atoms with Gasteiger partial charge in [0.05, 0.1) is 11.5 Å². The molecule has 0 N–H and O–H groups in total. The van der Waals surface area contributed by atoms with E-state index in [0.29, 0.717) is 5.41 Å². The van der Waals surface area contributed by atoms with E-state index < -0.39 is 0 Å². The largest absolute Gasteiger partial charge is 0.198 e. The molecule has 0 radical (unpaired) electrons. The summed E-state index contributed by atoms with van der Waals surface area (Å²) >= 11 is 2.00. The molecule has 0 amide bonds. The third-order valence-electron chi connectivity index (χ3n) is 4.55. The summed E-state index contributed by atoms with van der Waals surface area (Å²) in [5.74, 6) is 3.23. The van der Waals surface area contributed by atoms with Crippen LogP contribution in [0.4, 0.5) is 0 Å². The molecule has 2 heteroatoms. The van der Waals surface area contributed by atoms with E-state index in [9.17, 15) is 5.26 Å². The highest BCUT2D eigenvalue weighted by Gasteiger charge is 2.38. The number of hydrogen-bond donors (Lipinski definition) is 0. The molecular formula is C16H29NS. The van der Waals surface area contributed by atoms with Gasteiger partial charge in [-0.15, -0.1) is 0 Å². The Hall–Kier alpha value is -0.160. The minimum atomic E-state index is 0.00997. The Kier molecular flexibility index (Phi) is 6.05. The van der Waals surface area contributed by atoms with E-state index in [4.69, 9.17) is 0 Å². The first-order valence-electron chi connectivity index (χ1n) is 7.42. The predicted octanol–water partition coefficient (Wildman–Crippen LogP) is 5.27. The van der Waals surface area contributed by atoms with Crippen LogP contribution in [-0.4, -0.2) is 11.5 Å². The Bertz CT molecular complexity index is 276. The lowest BCUT2D eigenvalue weighted by molar-refractivity contribution is 0.115. The highest BCUT2D eigenvalue weighted by molar-refractivity contribution is 7.99. The fraction of sp³-hybridized carbons (Fsp3) is 0.938. The molecule has 0 heterocycles. The quantitative estimate of drug-likeness (QED) is 0.634. The van der Waals surface area contributed by atoms with Crippen LogP contribution in [0.3, 0.4) is 0 Å². The first kappa shape index (κ1) is 15.9. The molecule has 1 saturated carbocycles. The molecule has 1 rings (SSSR count). The van der Waals surface area contributed by atoms with E-state index in [2.05, 4.69) is 33.8 Å². The van der Waals surface area contributed by atoms with Crippen LogP contribution in [0.15, 0.2) is 0 Å². The standard InChI is InChI=1S/C16H29NS/c1-5-18-12-6-9-16(13-17)10-7-14(8-11-16)15(2,3)4/h14H,5-12H2,1-4H3. The van der Waals surface area contributed by atoms with Crippen molar-refractivity contribution in [3.63, 3.8) is 0 Å². The molecule has 0 atom stereocenters. The van der Waals surface area contributed by atoms with Gasteiger partial charge in [-0.2, -0.15) is 17.0 Å². The third-order valence-corrected chi connectivity index (χ3v) is 5.54. The van der Waals surface area contributed by atoms with E-state index in [1.165, 1.54) is 30.8 Å². The Balaban J connectivity index is 2.43. The Morgan fingerprint density at radius 2 is 1.89 bits per heavy atom. The second-order valence-electron chi connectivity index (χ2n) is 6.83. The monoisotopic (exact) mass is 267 g/mol. The van der Waals surface area contributed by atoms with Crippen LogP contribution in [0.2, 0.25) is 0 Å². The van der Waals surface area contributed by atoms with Crippen LogP contribution in [0, 0.1) is 28.1 Å². The van der Waals surface area contributed by atoms with Gasteiger partial charge in [-0.3, -0.25) is 0 Å². The Morgan fingerprint density at radius 3 is 2.33 bits per heavy atom. The molecule has 0 aromatic rings. The van der Waals surface area contributed by atoms with Crippen LogP contribution in [0.25, 0.3) is 0 Å². The van der Waals surface area contributed by atoms with E-state index in [0.717, 1.165) is 25.2 Å². The summed E-state index contributed by atoms with van der Waals surface area (Å²) in [6, 6.07) is 2.66. The molecule has 0 saturated heterocycles. The van der Waals surface area contributed by atoms with Crippen molar-refractivity contribution in [1.29, 1.82) is 5.26 Å². The van der Waals surface area contributed by atoms with E-state index in [1.54, 1.807) is 0 Å². The lowest BCUT2D eigenvalue weighted by atomic mass is 9.63. The second-order valence-corrected chi connectivity index (χ2v) is 8.23. The maximum absolute atomic E-state index is 9.53. The maximum atomic E-state index is 9.53. The van der Waals surface area contributed by atoms with E-state index in [1.807, 2.05) is 11.8 Å². The number of nitriles is 1. The number of hydrogen-bond acceptors (Lipinski definition) is 2. The van der Waals surface area contributed by atoms with Gasteiger partial charge in [0.25, 0.3) is 0 Å². The van der Waals surface area contributed by atoms with Crippen LogP contribution >= 0.6 is 11.8 Å². The van der Waals surface area contributed by atoms with Crippen molar-refractivity contribution in [2.45, 2.75) is 66.2 Å². The lowest BCUT2D eigenvalue weighted by Gasteiger charge is -2.40. The summed E-state index contributed by atoms with van der Waals surface area (Å²) in [6.07, 6.45) is 7.08. The van der Waals surface area contributed by atoms with Gasteiger partial charge < -0.3 is 0 Å². The zero-order valence-electron chi connectivity index (χ0n) is 12.6. The third kappa shape index (κ3) is 4.50. The molecule has 0 unspecified atom stereocenters. The molecule has 1 aliphatic rings. The molecule has 104 valence electrons. The summed E-state index contributed by atoms with van der Waals surface area (Å²) in [7, 11) is 0. The molecule has 0 aromatic heterocycles. The molecule has 18 heavy (non-hydrogen) atoms. The molecule has 0 bridgehead atoms. The fourth-order valence-corrected chi connectivity index (χ4v) is 3.75. The predicted molar refractivity (Wildman–Crippen MR) is 81.7 cm³/mol. The zero-order chi connectivity index (χ0) is 13.6. The summed E-state index contributed by atoms with van der Waals surface area (Å²) in [4.78, 5) is 0. The van der Waals surface area contributed by atoms with Crippen molar-refractivity contribution in [2.75, 3.05) is 11.5 Å². The Labute approximate surface area is 118 Å². The van der Waals surface area contributed by atoms with Crippen LogP contribution < -0.4 is 0 Å². The molecule has 0 spiro atoms. The van der Waals surface area contributed by atoms with E-state index in [-0.39, 0.29) is 5.41 Å². The minimum absolute atomic E-state index is 0.00997. The molecule has 1 aliphatic carbocycles. The first-order valence-corrected chi connectivity index (χ1v) is 8.58. The summed E-state index contributed by atoms with van der Waals surface area (Å²) in [6.45, 7) is 9.23. The average Bonchev–Trinajstić information content (AvgIpc) is 2.34. The Morgan fingerprint density at radius 1 is 1.28 bits per heavy atom. The number of thioether (sulfide) groups is 1. The summed E-state index contributed by atoms with van der Waals surface area (Å²) in [5.41, 5.74) is 0.426. The van der Waals surface area contributed by atoms with Gasteiger partial charge in [0.15, 0.2) is 0 Å². The van der Waals surface area contributed by atoms with Crippen LogP contribution in [0.1, 0.15) is 66.2 Å². The van der Waals surface area contributed by atoms with Gasteiger partial charge in [-0.25, -0.2) is 0 Å². The van der Waals surface area contributed by atoms with Gasteiger partial charge >= 0.3 is 0 Å². The summed E-state index contributed by atoms with van der Waals surface area (Å²) < 4.78 is 0. The number of rotatable bonds is 5.